The normalized spacial score (nSPS) is 17.4. The Bertz CT molecular complexity index is 639. The Morgan fingerprint density at radius 1 is 1.30 bits per heavy atom. The van der Waals surface area contributed by atoms with E-state index in [1.807, 2.05) is 37.3 Å². The van der Waals surface area contributed by atoms with Crippen LogP contribution in [0.4, 0.5) is 5.69 Å². The summed E-state index contributed by atoms with van der Waals surface area (Å²) in [6.07, 6.45) is 1.72. The standard InChI is InChI=1S/C16H17N3O/c1-11-15(7-4-8-18-11)19-16(20)14-10-17-9-12-5-2-3-6-13(12)14/h2-8,14,17H,9-10H2,1H3,(H,19,20). The molecule has 0 aliphatic carbocycles. The third-order valence-corrected chi connectivity index (χ3v) is 3.68. The summed E-state index contributed by atoms with van der Waals surface area (Å²) >= 11 is 0. The maximum atomic E-state index is 12.5. The minimum absolute atomic E-state index is 0.0146. The molecule has 3 rings (SSSR count). The smallest absolute Gasteiger partial charge is 0.233 e. The summed E-state index contributed by atoms with van der Waals surface area (Å²) in [4.78, 5) is 16.7. The van der Waals surface area contributed by atoms with Gasteiger partial charge in [0.15, 0.2) is 0 Å². The van der Waals surface area contributed by atoms with E-state index in [0.717, 1.165) is 23.5 Å². The first-order valence-corrected chi connectivity index (χ1v) is 6.76. The van der Waals surface area contributed by atoms with Crippen molar-refractivity contribution in [3.63, 3.8) is 0 Å². The third kappa shape index (κ3) is 2.42. The van der Waals surface area contributed by atoms with Crippen molar-refractivity contribution in [2.24, 2.45) is 0 Å². The molecule has 2 aromatic rings. The van der Waals surface area contributed by atoms with Gasteiger partial charge >= 0.3 is 0 Å². The number of pyridine rings is 1. The van der Waals surface area contributed by atoms with Gasteiger partial charge in [0.2, 0.25) is 5.91 Å². The highest BCUT2D eigenvalue weighted by Gasteiger charge is 2.26. The van der Waals surface area contributed by atoms with E-state index >= 15 is 0 Å². The van der Waals surface area contributed by atoms with Crippen LogP contribution in [0.1, 0.15) is 22.7 Å². The number of nitrogens with one attached hydrogen (secondary N) is 2. The summed E-state index contributed by atoms with van der Waals surface area (Å²) in [5, 5.41) is 6.28. The van der Waals surface area contributed by atoms with Crippen molar-refractivity contribution in [3.05, 3.63) is 59.4 Å². The van der Waals surface area contributed by atoms with E-state index in [1.165, 1.54) is 5.56 Å². The molecule has 0 spiro atoms. The first kappa shape index (κ1) is 12.8. The second-order valence-electron chi connectivity index (χ2n) is 5.01. The van der Waals surface area contributed by atoms with Crippen LogP contribution < -0.4 is 10.6 Å². The minimum Gasteiger partial charge on any atom is -0.324 e. The number of hydrogen-bond acceptors (Lipinski definition) is 3. The number of carbonyl (C=O) groups excluding carboxylic acids is 1. The van der Waals surface area contributed by atoms with Crippen LogP contribution in [-0.2, 0) is 11.3 Å². The van der Waals surface area contributed by atoms with Gasteiger partial charge in [-0.3, -0.25) is 9.78 Å². The van der Waals surface area contributed by atoms with E-state index in [-0.39, 0.29) is 11.8 Å². The maximum absolute atomic E-state index is 12.5. The van der Waals surface area contributed by atoms with Gasteiger partial charge in [-0.05, 0) is 30.2 Å². The fourth-order valence-electron chi connectivity index (χ4n) is 2.57. The Hall–Kier alpha value is -2.20. The highest BCUT2D eigenvalue weighted by atomic mass is 16.1. The fraction of sp³-hybridized carbons (Fsp3) is 0.250. The molecule has 1 aliphatic heterocycles. The van der Waals surface area contributed by atoms with Gasteiger partial charge in [-0.25, -0.2) is 0 Å². The second kappa shape index (κ2) is 5.43. The number of anilines is 1. The molecule has 1 aromatic heterocycles. The van der Waals surface area contributed by atoms with Crippen LogP contribution in [0.2, 0.25) is 0 Å². The Balaban J connectivity index is 1.84. The molecule has 0 radical (unpaired) electrons. The van der Waals surface area contributed by atoms with Gasteiger partial charge < -0.3 is 10.6 Å². The Labute approximate surface area is 118 Å². The molecule has 0 fully saturated rings. The largest absolute Gasteiger partial charge is 0.324 e. The fourth-order valence-corrected chi connectivity index (χ4v) is 2.57. The summed E-state index contributed by atoms with van der Waals surface area (Å²) in [5.41, 5.74) is 3.92. The van der Waals surface area contributed by atoms with E-state index in [4.69, 9.17) is 0 Å². The molecule has 1 atom stereocenters. The van der Waals surface area contributed by atoms with E-state index in [0.29, 0.717) is 6.54 Å². The van der Waals surface area contributed by atoms with Crippen LogP contribution >= 0.6 is 0 Å². The summed E-state index contributed by atoms with van der Waals surface area (Å²) in [6, 6.07) is 11.8. The number of aromatic nitrogens is 1. The Kier molecular flexibility index (Phi) is 3.48. The lowest BCUT2D eigenvalue weighted by atomic mass is 9.90. The zero-order chi connectivity index (χ0) is 13.9. The van der Waals surface area contributed by atoms with E-state index in [9.17, 15) is 4.79 Å². The van der Waals surface area contributed by atoms with Crippen molar-refractivity contribution in [1.82, 2.24) is 10.3 Å². The Morgan fingerprint density at radius 3 is 3.00 bits per heavy atom. The quantitative estimate of drug-likeness (QED) is 0.877. The molecule has 2 heterocycles. The number of aryl methyl sites for hydroxylation is 1. The molecule has 4 heteroatoms. The molecule has 0 bridgehead atoms. The average Bonchev–Trinajstić information content (AvgIpc) is 2.49. The van der Waals surface area contributed by atoms with Crippen LogP contribution in [-0.4, -0.2) is 17.4 Å². The molecule has 1 aromatic carbocycles. The molecular formula is C16H17N3O. The lowest BCUT2D eigenvalue weighted by Crippen LogP contribution is -2.35. The van der Waals surface area contributed by atoms with E-state index < -0.39 is 0 Å². The molecule has 0 saturated carbocycles. The highest BCUT2D eigenvalue weighted by Crippen LogP contribution is 2.25. The molecular weight excluding hydrogens is 250 g/mol. The van der Waals surface area contributed by atoms with Crippen LogP contribution in [0.5, 0.6) is 0 Å². The van der Waals surface area contributed by atoms with Gasteiger partial charge in [0, 0.05) is 19.3 Å². The molecule has 2 N–H and O–H groups in total. The maximum Gasteiger partial charge on any atom is 0.233 e. The van der Waals surface area contributed by atoms with Crippen molar-refractivity contribution in [2.75, 3.05) is 11.9 Å². The van der Waals surface area contributed by atoms with Gasteiger partial charge in [-0.1, -0.05) is 24.3 Å². The first-order valence-electron chi connectivity index (χ1n) is 6.76. The Morgan fingerprint density at radius 2 is 2.15 bits per heavy atom. The second-order valence-corrected chi connectivity index (χ2v) is 5.01. The molecule has 1 unspecified atom stereocenters. The lowest BCUT2D eigenvalue weighted by Gasteiger charge is -2.25. The number of rotatable bonds is 2. The lowest BCUT2D eigenvalue weighted by molar-refractivity contribution is -0.117. The molecule has 0 saturated heterocycles. The minimum atomic E-state index is -0.153. The molecule has 1 aliphatic rings. The number of fused-ring (bicyclic) bond motifs is 1. The van der Waals surface area contributed by atoms with Crippen LogP contribution in [0, 0.1) is 6.92 Å². The SMILES string of the molecule is Cc1ncccc1NC(=O)C1CNCc2ccccc21. The number of nitrogens with zero attached hydrogens (tertiary/aromatic N) is 1. The summed E-state index contributed by atoms with van der Waals surface area (Å²) in [5.74, 6) is -0.139. The third-order valence-electron chi connectivity index (χ3n) is 3.68. The van der Waals surface area contributed by atoms with E-state index in [1.54, 1.807) is 6.20 Å². The predicted octanol–water partition coefficient (Wildman–Crippen LogP) is 2.22. The monoisotopic (exact) mass is 267 g/mol. The topological polar surface area (TPSA) is 54.0 Å². The number of benzene rings is 1. The first-order chi connectivity index (χ1) is 9.75. The predicted molar refractivity (Wildman–Crippen MR) is 78.5 cm³/mol. The van der Waals surface area contributed by atoms with Gasteiger partial charge in [-0.2, -0.15) is 0 Å². The zero-order valence-corrected chi connectivity index (χ0v) is 11.4. The van der Waals surface area contributed by atoms with Gasteiger partial charge in [-0.15, -0.1) is 0 Å². The van der Waals surface area contributed by atoms with Gasteiger partial charge in [0.1, 0.15) is 0 Å². The molecule has 102 valence electrons. The zero-order valence-electron chi connectivity index (χ0n) is 11.4. The number of hydrogen-bond donors (Lipinski definition) is 2. The van der Waals surface area contributed by atoms with Crippen molar-refractivity contribution < 1.29 is 4.79 Å². The molecule has 4 nitrogen and oxygen atoms in total. The summed E-state index contributed by atoms with van der Waals surface area (Å²) < 4.78 is 0. The van der Waals surface area contributed by atoms with Gasteiger partial charge in [0.25, 0.3) is 0 Å². The van der Waals surface area contributed by atoms with E-state index in [2.05, 4.69) is 21.7 Å². The van der Waals surface area contributed by atoms with Crippen molar-refractivity contribution in [2.45, 2.75) is 19.4 Å². The average molecular weight is 267 g/mol. The highest BCUT2D eigenvalue weighted by molar-refractivity contribution is 5.96. The number of carbonyl (C=O) groups is 1. The number of amides is 1. The molecule has 20 heavy (non-hydrogen) atoms. The summed E-state index contributed by atoms with van der Waals surface area (Å²) in [7, 11) is 0. The van der Waals surface area contributed by atoms with Crippen LogP contribution in [0.25, 0.3) is 0 Å². The van der Waals surface area contributed by atoms with Crippen molar-refractivity contribution in [3.8, 4) is 0 Å². The van der Waals surface area contributed by atoms with Gasteiger partial charge in [0.05, 0.1) is 17.3 Å². The van der Waals surface area contributed by atoms with Crippen molar-refractivity contribution in [1.29, 1.82) is 0 Å². The summed E-state index contributed by atoms with van der Waals surface area (Å²) in [6.45, 7) is 3.39. The molecule has 1 amide bonds. The van der Waals surface area contributed by atoms with Crippen LogP contribution in [0.15, 0.2) is 42.6 Å². The van der Waals surface area contributed by atoms with Crippen LogP contribution in [0.3, 0.4) is 0 Å². The van der Waals surface area contributed by atoms with Crippen molar-refractivity contribution >= 4 is 11.6 Å².